The highest BCUT2D eigenvalue weighted by atomic mass is 35.5. The van der Waals surface area contributed by atoms with E-state index in [2.05, 4.69) is 0 Å². The third-order valence-electron chi connectivity index (χ3n) is 5.50. The van der Waals surface area contributed by atoms with E-state index in [-0.39, 0.29) is 33.3 Å². The third-order valence-corrected chi connectivity index (χ3v) is 8.11. The molecule has 1 aromatic heterocycles. The lowest BCUT2D eigenvalue weighted by atomic mass is 10.1. The van der Waals surface area contributed by atoms with Gasteiger partial charge >= 0.3 is 5.97 Å². The van der Waals surface area contributed by atoms with Crippen LogP contribution in [0.4, 0.5) is 0 Å². The average Bonchev–Trinajstić information content (AvgIpc) is 2.99. The van der Waals surface area contributed by atoms with E-state index >= 15 is 0 Å². The predicted molar refractivity (Wildman–Crippen MR) is 125 cm³/mol. The molecule has 33 heavy (non-hydrogen) atoms. The molecule has 7 nitrogen and oxygen atoms in total. The number of nitrogens with zero attached hydrogens (tertiary/aromatic N) is 1. The van der Waals surface area contributed by atoms with Crippen LogP contribution >= 0.6 is 11.6 Å². The summed E-state index contributed by atoms with van der Waals surface area (Å²) in [6.45, 7) is 7.42. The molecule has 0 atom stereocenters. The maximum absolute atomic E-state index is 13.3. The van der Waals surface area contributed by atoms with Crippen LogP contribution in [0, 0.1) is 27.7 Å². The number of phenols is 1. The zero-order valence-electron chi connectivity index (χ0n) is 18.8. The molecular weight excluding hydrogens is 466 g/mol. The molecule has 3 aromatic rings. The minimum Gasteiger partial charge on any atom is -0.508 e. The van der Waals surface area contributed by atoms with Crippen molar-refractivity contribution >= 4 is 27.4 Å². The van der Waals surface area contributed by atoms with Gasteiger partial charge in [0.2, 0.25) is 9.84 Å². The minimum atomic E-state index is -4.03. The van der Waals surface area contributed by atoms with E-state index in [4.69, 9.17) is 16.3 Å². The SMILES string of the molecule is Cc1cc(OCCCn2c(C)c(S(=O)(=O)c3cccc(O)c3)c(C)c2C(=O)O)cc(C)c1Cl. The van der Waals surface area contributed by atoms with Gasteiger partial charge in [-0.3, -0.25) is 0 Å². The average molecular weight is 492 g/mol. The van der Waals surface area contributed by atoms with Crippen molar-refractivity contribution < 1.29 is 28.2 Å². The fourth-order valence-electron chi connectivity index (χ4n) is 3.99. The van der Waals surface area contributed by atoms with Gasteiger partial charge in [-0.2, -0.15) is 0 Å². The monoisotopic (exact) mass is 491 g/mol. The molecule has 0 bridgehead atoms. The molecule has 0 aliphatic heterocycles. The van der Waals surface area contributed by atoms with Crippen LogP contribution in [-0.4, -0.2) is 35.8 Å². The number of carboxylic acid groups (broad SMARTS) is 1. The smallest absolute Gasteiger partial charge is 0.352 e. The summed E-state index contributed by atoms with van der Waals surface area (Å²) in [5.74, 6) is -0.729. The quantitative estimate of drug-likeness (QED) is 0.425. The first-order chi connectivity index (χ1) is 15.4. The first-order valence-electron chi connectivity index (χ1n) is 10.3. The molecule has 0 saturated heterocycles. The van der Waals surface area contributed by atoms with Gasteiger partial charge in [0.05, 0.1) is 16.4 Å². The van der Waals surface area contributed by atoms with E-state index in [0.717, 1.165) is 17.2 Å². The van der Waals surface area contributed by atoms with Gasteiger partial charge in [-0.15, -0.1) is 0 Å². The van der Waals surface area contributed by atoms with Crippen molar-refractivity contribution in [3.8, 4) is 11.5 Å². The van der Waals surface area contributed by atoms with Crippen LogP contribution in [0.25, 0.3) is 0 Å². The number of benzene rings is 2. The number of carboxylic acids is 1. The molecule has 0 fully saturated rings. The first-order valence-corrected chi connectivity index (χ1v) is 12.2. The van der Waals surface area contributed by atoms with Gasteiger partial charge in [-0.25, -0.2) is 13.2 Å². The molecule has 0 saturated carbocycles. The zero-order valence-corrected chi connectivity index (χ0v) is 20.4. The fourth-order valence-corrected chi connectivity index (χ4v) is 5.87. The third kappa shape index (κ3) is 4.86. The molecule has 2 N–H and O–H groups in total. The molecule has 0 aliphatic carbocycles. The second kappa shape index (κ2) is 9.49. The second-order valence-corrected chi connectivity index (χ2v) is 10.2. The molecule has 9 heteroatoms. The Hall–Kier alpha value is -2.97. The fraction of sp³-hybridized carbons (Fsp3) is 0.292. The van der Waals surface area contributed by atoms with E-state index in [1.54, 1.807) is 6.92 Å². The molecule has 0 spiro atoms. The Morgan fingerprint density at radius 3 is 2.30 bits per heavy atom. The number of aromatic hydroxyl groups is 1. The number of aryl methyl sites for hydroxylation is 2. The van der Waals surface area contributed by atoms with E-state index < -0.39 is 15.8 Å². The highest BCUT2D eigenvalue weighted by molar-refractivity contribution is 7.91. The number of aromatic nitrogens is 1. The lowest BCUT2D eigenvalue weighted by Gasteiger charge is -2.12. The molecule has 0 aliphatic rings. The Morgan fingerprint density at radius 1 is 1.09 bits per heavy atom. The van der Waals surface area contributed by atoms with Crippen LogP contribution in [0.2, 0.25) is 5.02 Å². The molecule has 2 aromatic carbocycles. The highest BCUT2D eigenvalue weighted by Gasteiger charge is 2.31. The van der Waals surface area contributed by atoms with Gasteiger partial charge in [-0.05, 0) is 75.6 Å². The summed E-state index contributed by atoms with van der Waals surface area (Å²) in [4.78, 5) is 11.8. The Labute approximate surface area is 198 Å². The molecule has 0 amide bonds. The summed E-state index contributed by atoms with van der Waals surface area (Å²) in [7, 11) is -4.03. The van der Waals surface area contributed by atoms with Crippen molar-refractivity contribution in [2.45, 2.75) is 50.5 Å². The van der Waals surface area contributed by atoms with E-state index in [1.807, 2.05) is 26.0 Å². The number of sulfone groups is 1. The molecule has 3 rings (SSSR count). The van der Waals surface area contributed by atoms with Gasteiger partial charge in [0.25, 0.3) is 0 Å². The number of hydrogen-bond donors (Lipinski definition) is 2. The van der Waals surface area contributed by atoms with E-state index in [9.17, 15) is 23.4 Å². The Kier molecular flexibility index (Phi) is 7.09. The summed E-state index contributed by atoms with van der Waals surface area (Å²) in [5.41, 5.74) is 2.21. The lowest BCUT2D eigenvalue weighted by Crippen LogP contribution is -2.13. The topological polar surface area (TPSA) is 106 Å². The van der Waals surface area contributed by atoms with Gasteiger partial charge < -0.3 is 19.5 Å². The van der Waals surface area contributed by atoms with Crippen molar-refractivity contribution in [1.29, 1.82) is 0 Å². The number of ether oxygens (including phenoxy) is 1. The van der Waals surface area contributed by atoms with Crippen LogP contribution in [0.5, 0.6) is 11.5 Å². The lowest BCUT2D eigenvalue weighted by molar-refractivity contribution is 0.0683. The van der Waals surface area contributed by atoms with Gasteiger partial charge in [0.15, 0.2) is 0 Å². The van der Waals surface area contributed by atoms with Gasteiger partial charge in [0, 0.05) is 22.8 Å². The number of halogens is 1. The number of rotatable bonds is 8. The zero-order chi connectivity index (χ0) is 24.5. The summed E-state index contributed by atoms with van der Waals surface area (Å²) < 4.78 is 33.8. The molecule has 176 valence electrons. The molecule has 0 unspecified atom stereocenters. The standard InChI is InChI=1S/C24H26ClNO6S/c1-14-11-19(12-15(2)21(14)25)32-10-6-9-26-17(4)23(16(3)22(26)24(28)29)33(30,31)20-8-5-7-18(27)13-20/h5,7-8,11-13,27H,6,9-10H2,1-4H3,(H,28,29). The van der Waals surface area contributed by atoms with Gasteiger partial charge in [-0.1, -0.05) is 17.7 Å². The van der Waals surface area contributed by atoms with Crippen molar-refractivity contribution in [2.24, 2.45) is 0 Å². The maximum Gasteiger partial charge on any atom is 0.352 e. The van der Waals surface area contributed by atoms with Crippen molar-refractivity contribution in [3.63, 3.8) is 0 Å². The van der Waals surface area contributed by atoms with E-state index in [1.165, 1.54) is 29.7 Å². The Balaban J connectivity index is 1.88. The summed E-state index contributed by atoms with van der Waals surface area (Å²) in [6, 6.07) is 8.99. The largest absolute Gasteiger partial charge is 0.508 e. The van der Waals surface area contributed by atoms with Gasteiger partial charge in [0.1, 0.15) is 17.2 Å². The number of hydrogen-bond acceptors (Lipinski definition) is 5. The number of aromatic carboxylic acids is 1. The van der Waals surface area contributed by atoms with Crippen molar-refractivity contribution in [2.75, 3.05) is 6.61 Å². The van der Waals surface area contributed by atoms with Crippen LogP contribution in [0.3, 0.4) is 0 Å². The number of carbonyl (C=O) groups is 1. The summed E-state index contributed by atoms with van der Waals surface area (Å²) in [6.07, 6.45) is 0.460. The summed E-state index contributed by atoms with van der Waals surface area (Å²) in [5, 5.41) is 20.2. The highest BCUT2D eigenvalue weighted by Crippen LogP contribution is 2.33. The summed E-state index contributed by atoms with van der Waals surface area (Å²) >= 11 is 6.18. The maximum atomic E-state index is 13.3. The Morgan fingerprint density at radius 2 is 1.73 bits per heavy atom. The van der Waals surface area contributed by atoms with Crippen molar-refractivity contribution in [3.05, 3.63) is 69.5 Å². The minimum absolute atomic E-state index is 0.0598. The molecule has 0 radical (unpaired) electrons. The van der Waals surface area contributed by atoms with Crippen LogP contribution in [0.15, 0.2) is 46.2 Å². The van der Waals surface area contributed by atoms with Crippen LogP contribution in [0.1, 0.15) is 39.3 Å². The second-order valence-electron chi connectivity index (χ2n) is 7.92. The van der Waals surface area contributed by atoms with Crippen LogP contribution in [-0.2, 0) is 16.4 Å². The first kappa shape index (κ1) is 24.7. The van der Waals surface area contributed by atoms with Crippen LogP contribution < -0.4 is 4.74 Å². The Bertz CT molecular complexity index is 1300. The number of phenolic OH excluding ortho intramolecular Hbond substituents is 1. The van der Waals surface area contributed by atoms with Crippen molar-refractivity contribution in [1.82, 2.24) is 4.57 Å². The molecule has 1 heterocycles. The normalized spacial score (nSPS) is 11.5. The predicted octanol–water partition coefficient (Wildman–Crippen LogP) is 5.08. The van der Waals surface area contributed by atoms with E-state index in [0.29, 0.717) is 29.5 Å². The molecular formula is C24H26ClNO6S.